The minimum absolute atomic E-state index is 0.843. The number of hydrogen-bond acceptors (Lipinski definition) is 0. The van der Waals surface area contributed by atoms with Crippen LogP contribution in [0.2, 0.25) is 0 Å². The summed E-state index contributed by atoms with van der Waals surface area (Å²) >= 11 is 0. The molecule has 0 fully saturated rings. The molecule has 0 saturated carbocycles. The van der Waals surface area contributed by atoms with Gasteiger partial charge in [-0.1, -0.05) is 67.2 Å². The van der Waals surface area contributed by atoms with E-state index in [1.807, 2.05) is 0 Å². The second-order valence-electron chi connectivity index (χ2n) is 5.75. The zero-order valence-corrected chi connectivity index (χ0v) is 11.8. The van der Waals surface area contributed by atoms with Gasteiger partial charge in [-0.3, -0.25) is 0 Å². The van der Waals surface area contributed by atoms with Crippen molar-refractivity contribution in [3.8, 4) is 0 Å². The third-order valence-corrected chi connectivity index (χ3v) is 4.13. The van der Waals surface area contributed by atoms with Crippen molar-refractivity contribution < 1.29 is 0 Å². The zero-order chi connectivity index (χ0) is 11.8. The lowest BCUT2D eigenvalue weighted by atomic mass is 9.77. The molecule has 3 atom stereocenters. The molecule has 0 rings (SSSR count). The first-order chi connectivity index (χ1) is 7.02. The number of hydrogen-bond donors (Lipinski definition) is 0. The average Bonchev–Trinajstić information content (AvgIpc) is 2.22. The highest BCUT2D eigenvalue weighted by atomic mass is 14.3. The molecule has 0 aliphatic heterocycles. The van der Waals surface area contributed by atoms with E-state index in [0.29, 0.717) is 0 Å². The van der Waals surface area contributed by atoms with Crippen molar-refractivity contribution in [2.24, 2.45) is 23.7 Å². The monoisotopic (exact) mass is 212 g/mol. The van der Waals surface area contributed by atoms with Crippen LogP contribution in [0.3, 0.4) is 0 Å². The van der Waals surface area contributed by atoms with Gasteiger partial charge in [0.15, 0.2) is 0 Å². The molecule has 15 heavy (non-hydrogen) atoms. The third kappa shape index (κ3) is 6.22. The third-order valence-electron chi connectivity index (χ3n) is 4.13. The van der Waals surface area contributed by atoms with Gasteiger partial charge in [-0.05, 0) is 30.1 Å². The standard InChI is InChI=1S/C15H32/c1-7-9-10-15(11-13(5)8-2)14(6)12(3)4/h12-15H,7-11H2,1-6H3. The Hall–Kier alpha value is 0. The maximum atomic E-state index is 2.45. The van der Waals surface area contributed by atoms with E-state index in [0.717, 1.165) is 23.7 Å². The molecule has 92 valence electrons. The summed E-state index contributed by atoms with van der Waals surface area (Å²) in [4.78, 5) is 0. The summed E-state index contributed by atoms with van der Waals surface area (Å²) in [5.41, 5.74) is 0. The fourth-order valence-electron chi connectivity index (χ4n) is 2.29. The highest BCUT2D eigenvalue weighted by Crippen LogP contribution is 2.31. The average molecular weight is 212 g/mol. The quantitative estimate of drug-likeness (QED) is 0.497. The Kier molecular flexibility index (Phi) is 8.19. The smallest absolute Gasteiger partial charge is 0.0384 e. The molecule has 0 bridgehead atoms. The van der Waals surface area contributed by atoms with Crippen LogP contribution in [0.1, 0.15) is 73.6 Å². The molecule has 0 spiro atoms. The van der Waals surface area contributed by atoms with Crippen LogP contribution in [0.5, 0.6) is 0 Å². The van der Waals surface area contributed by atoms with Crippen molar-refractivity contribution >= 4 is 0 Å². The largest absolute Gasteiger partial charge is 0.0654 e. The van der Waals surface area contributed by atoms with Gasteiger partial charge in [-0.2, -0.15) is 0 Å². The van der Waals surface area contributed by atoms with Gasteiger partial charge in [0.1, 0.15) is 0 Å². The van der Waals surface area contributed by atoms with E-state index in [1.54, 1.807) is 0 Å². The molecule has 0 aromatic heterocycles. The van der Waals surface area contributed by atoms with Crippen LogP contribution in [0.25, 0.3) is 0 Å². The highest BCUT2D eigenvalue weighted by Gasteiger charge is 2.21. The first-order valence-electron chi connectivity index (χ1n) is 7.02. The summed E-state index contributed by atoms with van der Waals surface area (Å²) in [5, 5.41) is 0. The maximum Gasteiger partial charge on any atom is -0.0384 e. The summed E-state index contributed by atoms with van der Waals surface area (Å²) in [6.45, 7) is 14.2. The molecule has 0 nitrogen and oxygen atoms in total. The summed E-state index contributed by atoms with van der Waals surface area (Å²) in [6, 6.07) is 0. The Morgan fingerprint density at radius 3 is 1.93 bits per heavy atom. The van der Waals surface area contributed by atoms with Gasteiger partial charge in [-0.15, -0.1) is 0 Å². The van der Waals surface area contributed by atoms with Crippen LogP contribution in [-0.2, 0) is 0 Å². The molecule has 0 heteroatoms. The number of unbranched alkanes of at least 4 members (excludes halogenated alkanes) is 1. The van der Waals surface area contributed by atoms with E-state index in [1.165, 1.54) is 32.1 Å². The summed E-state index contributed by atoms with van der Waals surface area (Å²) in [7, 11) is 0. The van der Waals surface area contributed by atoms with Gasteiger partial charge < -0.3 is 0 Å². The molecule has 0 saturated heterocycles. The molecular weight excluding hydrogens is 180 g/mol. The minimum Gasteiger partial charge on any atom is -0.0654 e. The van der Waals surface area contributed by atoms with E-state index in [9.17, 15) is 0 Å². The van der Waals surface area contributed by atoms with E-state index in [4.69, 9.17) is 0 Å². The second-order valence-corrected chi connectivity index (χ2v) is 5.75. The van der Waals surface area contributed by atoms with Gasteiger partial charge in [0, 0.05) is 0 Å². The minimum atomic E-state index is 0.843. The molecular formula is C15H32. The lowest BCUT2D eigenvalue weighted by Gasteiger charge is -2.29. The lowest BCUT2D eigenvalue weighted by molar-refractivity contribution is 0.215. The zero-order valence-electron chi connectivity index (χ0n) is 11.8. The predicted octanol–water partition coefficient (Wildman–Crippen LogP) is 5.52. The molecule has 0 heterocycles. The van der Waals surface area contributed by atoms with Crippen molar-refractivity contribution in [2.45, 2.75) is 73.6 Å². The van der Waals surface area contributed by atoms with Crippen LogP contribution < -0.4 is 0 Å². The molecule has 0 aromatic carbocycles. The van der Waals surface area contributed by atoms with Gasteiger partial charge in [0.2, 0.25) is 0 Å². The second kappa shape index (κ2) is 8.19. The van der Waals surface area contributed by atoms with Crippen LogP contribution in [0.15, 0.2) is 0 Å². The SMILES string of the molecule is CCCCC(CC(C)CC)C(C)C(C)C. The van der Waals surface area contributed by atoms with Gasteiger partial charge in [0.05, 0.1) is 0 Å². The molecule has 0 N–H and O–H groups in total. The Bertz CT molecular complexity index is 137. The fraction of sp³-hybridized carbons (Fsp3) is 1.00. The highest BCUT2D eigenvalue weighted by molar-refractivity contribution is 4.71. The maximum absolute atomic E-state index is 2.45. The summed E-state index contributed by atoms with van der Waals surface area (Å²) in [5.74, 6) is 3.61. The van der Waals surface area contributed by atoms with E-state index < -0.39 is 0 Å². The van der Waals surface area contributed by atoms with Crippen LogP contribution >= 0.6 is 0 Å². The molecule has 0 aromatic rings. The Balaban J connectivity index is 4.16. The topological polar surface area (TPSA) is 0 Å². The predicted molar refractivity (Wildman–Crippen MR) is 71.1 cm³/mol. The summed E-state index contributed by atoms with van der Waals surface area (Å²) in [6.07, 6.45) is 6.99. The van der Waals surface area contributed by atoms with Crippen molar-refractivity contribution in [1.82, 2.24) is 0 Å². The van der Waals surface area contributed by atoms with Crippen LogP contribution in [0.4, 0.5) is 0 Å². The Morgan fingerprint density at radius 2 is 1.53 bits per heavy atom. The lowest BCUT2D eigenvalue weighted by Crippen LogP contribution is -2.19. The van der Waals surface area contributed by atoms with Crippen molar-refractivity contribution in [2.75, 3.05) is 0 Å². The first-order valence-corrected chi connectivity index (χ1v) is 7.02. The van der Waals surface area contributed by atoms with E-state index in [2.05, 4.69) is 41.5 Å². The molecule has 0 radical (unpaired) electrons. The summed E-state index contributed by atoms with van der Waals surface area (Å²) < 4.78 is 0. The van der Waals surface area contributed by atoms with Crippen molar-refractivity contribution in [1.29, 1.82) is 0 Å². The van der Waals surface area contributed by atoms with Gasteiger partial charge in [0.25, 0.3) is 0 Å². The van der Waals surface area contributed by atoms with Gasteiger partial charge >= 0.3 is 0 Å². The normalized spacial score (nSPS) is 17.8. The molecule has 0 amide bonds. The van der Waals surface area contributed by atoms with Crippen LogP contribution in [-0.4, -0.2) is 0 Å². The fourth-order valence-corrected chi connectivity index (χ4v) is 2.29. The molecule has 3 unspecified atom stereocenters. The number of rotatable bonds is 8. The first kappa shape index (κ1) is 15.0. The Morgan fingerprint density at radius 1 is 0.933 bits per heavy atom. The van der Waals surface area contributed by atoms with E-state index >= 15 is 0 Å². The van der Waals surface area contributed by atoms with E-state index in [-0.39, 0.29) is 0 Å². The molecule has 0 aliphatic rings. The Labute approximate surface area is 97.8 Å². The molecule has 0 aliphatic carbocycles. The van der Waals surface area contributed by atoms with Crippen molar-refractivity contribution in [3.05, 3.63) is 0 Å². The van der Waals surface area contributed by atoms with Crippen LogP contribution in [0, 0.1) is 23.7 Å². The van der Waals surface area contributed by atoms with Crippen molar-refractivity contribution in [3.63, 3.8) is 0 Å². The van der Waals surface area contributed by atoms with Gasteiger partial charge in [-0.25, -0.2) is 0 Å².